The van der Waals surface area contributed by atoms with E-state index in [1.165, 1.54) is 44.4 Å². The molecule has 13 heavy (non-hydrogen) atoms. The van der Waals surface area contributed by atoms with Gasteiger partial charge in [0.25, 0.3) is 0 Å². The second kappa shape index (κ2) is 6.72. The second-order valence-electron chi connectivity index (χ2n) is 4.14. The van der Waals surface area contributed by atoms with Crippen LogP contribution in [0.15, 0.2) is 0 Å². The Morgan fingerprint density at radius 2 is 2.08 bits per heavy atom. The summed E-state index contributed by atoms with van der Waals surface area (Å²) in [5.74, 6) is 3.31. The van der Waals surface area contributed by atoms with Gasteiger partial charge in [0.2, 0.25) is 0 Å². The lowest BCUT2D eigenvalue weighted by Gasteiger charge is -2.22. The van der Waals surface area contributed by atoms with Gasteiger partial charge in [-0.1, -0.05) is 25.7 Å². The Hall–Kier alpha value is 0.310. The summed E-state index contributed by atoms with van der Waals surface area (Å²) in [5.41, 5.74) is 0. The quantitative estimate of drug-likeness (QED) is 0.709. The topological polar surface area (TPSA) is 12.0 Å². The lowest BCUT2D eigenvalue weighted by molar-refractivity contribution is 0.323. The van der Waals surface area contributed by atoms with E-state index in [-0.39, 0.29) is 0 Å². The minimum absolute atomic E-state index is 0.944. The van der Waals surface area contributed by atoms with Crippen molar-refractivity contribution in [2.24, 2.45) is 11.8 Å². The van der Waals surface area contributed by atoms with Crippen LogP contribution in [0.4, 0.5) is 0 Å². The number of hydrogen-bond donors (Lipinski definition) is 1. The van der Waals surface area contributed by atoms with Crippen molar-refractivity contribution < 1.29 is 0 Å². The summed E-state index contributed by atoms with van der Waals surface area (Å²) in [6, 6.07) is 0. The molecule has 0 spiro atoms. The molecule has 0 amide bonds. The van der Waals surface area contributed by atoms with E-state index in [9.17, 15) is 0 Å². The monoisotopic (exact) mass is 201 g/mol. The van der Waals surface area contributed by atoms with E-state index in [1.54, 1.807) is 0 Å². The van der Waals surface area contributed by atoms with Gasteiger partial charge < -0.3 is 5.32 Å². The minimum atomic E-state index is 0.944. The summed E-state index contributed by atoms with van der Waals surface area (Å²) in [6.45, 7) is 1.23. The number of rotatable bonds is 6. The highest BCUT2D eigenvalue weighted by Crippen LogP contribution is 2.33. The first kappa shape index (κ1) is 11.4. The molecule has 1 nitrogen and oxygen atoms in total. The largest absolute Gasteiger partial charge is 0.319 e. The van der Waals surface area contributed by atoms with Crippen LogP contribution >= 0.6 is 11.8 Å². The molecule has 1 rings (SSSR count). The van der Waals surface area contributed by atoms with Gasteiger partial charge in [-0.2, -0.15) is 11.8 Å². The van der Waals surface area contributed by atoms with Crippen molar-refractivity contribution in [3.05, 3.63) is 0 Å². The molecule has 0 radical (unpaired) electrons. The molecule has 1 aliphatic rings. The van der Waals surface area contributed by atoms with E-state index in [0.717, 1.165) is 11.8 Å². The van der Waals surface area contributed by atoms with Crippen molar-refractivity contribution in [3.63, 3.8) is 0 Å². The van der Waals surface area contributed by atoms with Crippen molar-refractivity contribution >= 4 is 11.8 Å². The zero-order valence-electron chi connectivity index (χ0n) is 9.01. The van der Waals surface area contributed by atoms with Crippen molar-refractivity contribution in [1.29, 1.82) is 0 Å². The van der Waals surface area contributed by atoms with Gasteiger partial charge >= 0.3 is 0 Å². The molecular formula is C11H23NS. The minimum Gasteiger partial charge on any atom is -0.319 e. The van der Waals surface area contributed by atoms with Crippen LogP contribution in [0.2, 0.25) is 0 Å². The number of hydrogen-bond acceptors (Lipinski definition) is 2. The smallest absolute Gasteiger partial charge is 0.00206 e. The maximum absolute atomic E-state index is 3.34. The first-order valence-electron chi connectivity index (χ1n) is 5.52. The molecule has 1 fully saturated rings. The van der Waals surface area contributed by atoms with E-state index in [1.807, 2.05) is 11.8 Å². The summed E-state index contributed by atoms with van der Waals surface area (Å²) >= 11 is 1.99. The van der Waals surface area contributed by atoms with Crippen molar-refractivity contribution in [2.75, 3.05) is 25.6 Å². The zero-order chi connectivity index (χ0) is 9.52. The van der Waals surface area contributed by atoms with E-state index in [2.05, 4.69) is 18.6 Å². The summed E-state index contributed by atoms with van der Waals surface area (Å²) in [5, 5.41) is 3.34. The standard InChI is InChI=1S/C11H23NS/c1-12-9-11(7-8-13-2)10-5-3-4-6-10/h10-12H,3-9H2,1-2H3. The molecule has 1 saturated carbocycles. The van der Waals surface area contributed by atoms with E-state index >= 15 is 0 Å². The maximum atomic E-state index is 3.34. The molecule has 78 valence electrons. The Kier molecular flexibility index (Phi) is 5.88. The summed E-state index contributed by atoms with van der Waals surface area (Å²) in [4.78, 5) is 0. The van der Waals surface area contributed by atoms with E-state index < -0.39 is 0 Å². The first-order chi connectivity index (χ1) is 6.38. The first-order valence-corrected chi connectivity index (χ1v) is 6.91. The lowest BCUT2D eigenvalue weighted by Crippen LogP contribution is -2.25. The predicted molar refractivity (Wildman–Crippen MR) is 62.4 cm³/mol. The fourth-order valence-electron chi connectivity index (χ4n) is 2.46. The van der Waals surface area contributed by atoms with Gasteiger partial charge in [0.05, 0.1) is 0 Å². The van der Waals surface area contributed by atoms with Crippen molar-refractivity contribution in [1.82, 2.24) is 5.32 Å². The zero-order valence-corrected chi connectivity index (χ0v) is 9.83. The molecule has 2 heteroatoms. The molecule has 1 N–H and O–H groups in total. The van der Waals surface area contributed by atoms with E-state index in [0.29, 0.717) is 0 Å². The van der Waals surface area contributed by atoms with E-state index in [4.69, 9.17) is 0 Å². The van der Waals surface area contributed by atoms with Crippen LogP contribution < -0.4 is 5.32 Å². The Labute approximate surface area is 87.1 Å². The summed E-state index contributed by atoms with van der Waals surface area (Å²) in [7, 11) is 2.08. The fraction of sp³-hybridized carbons (Fsp3) is 1.00. The van der Waals surface area contributed by atoms with Gasteiger partial charge in [-0.05, 0) is 43.9 Å². The van der Waals surface area contributed by atoms with Crippen LogP contribution in [-0.4, -0.2) is 25.6 Å². The lowest BCUT2D eigenvalue weighted by atomic mass is 9.89. The third-order valence-electron chi connectivity index (χ3n) is 3.23. The molecule has 0 heterocycles. The second-order valence-corrected chi connectivity index (χ2v) is 5.13. The molecule has 0 aromatic carbocycles. The third kappa shape index (κ3) is 3.90. The highest BCUT2D eigenvalue weighted by molar-refractivity contribution is 7.98. The van der Waals surface area contributed by atoms with Crippen LogP contribution in [0.1, 0.15) is 32.1 Å². The predicted octanol–water partition coefficient (Wildman–Crippen LogP) is 2.77. The molecular weight excluding hydrogens is 178 g/mol. The van der Waals surface area contributed by atoms with Gasteiger partial charge in [-0.25, -0.2) is 0 Å². The molecule has 0 aromatic rings. The number of thioether (sulfide) groups is 1. The molecule has 1 unspecified atom stereocenters. The maximum Gasteiger partial charge on any atom is -0.00206 e. The highest BCUT2D eigenvalue weighted by atomic mass is 32.2. The molecule has 0 aliphatic heterocycles. The third-order valence-corrected chi connectivity index (χ3v) is 3.87. The highest BCUT2D eigenvalue weighted by Gasteiger charge is 2.23. The van der Waals surface area contributed by atoms with Crippen LogP contribution in [0.3, 0.4) is 0 Å². The Bertz CT molecular complexity index is 121. The Morgan fingerprint density at radius 1 is 1.38 bits per heavy atom. The SMILES string of the molecule is CNCC(CCSC)C1CCCC1. The molecule has 0 bridgehead atoms. The van der Waals surface area contributed by atoms with Crippen LogP contribution in [0.5, 0.6) is 0 Å². The average molecular weight is 201 g/mol. The van der Waals surface area contributed by atoms with Crippen LogP contribution in [0.25, 0.3) is 0 Å². The fourth-order valence-corrected chi connectivity index (χ4v) is 3.00. The van der Waals surface area contributed by atoms with Gasteiger partial charge in [0.15, 0.2) is 0 Å². The van der Waals surface area contributed by atoms with Crippen LogP contribution in [-0.2, 0) is 0 Å². The van der Waals surface area contributed by atoms with Gasteiger partial charge in [0.1, 0.15) is 0 Å². The normalized spacial score (nSPS) is 20.8. The molecule has 1 atom stereocenters. The van der Waals surface area contributed by atoms with Gasteiger partial charge in [-0.3, -0.25) is 0 Å². The summed E-state index contributed by atoms with van der Waals surface area (Å²) < 4.78 is 0. The number of nitrogens with one attached hydrogen (secondary N) is 1. The Balaban J connectivity index is 2.26. The van der Waals surface area contributed by atoms with Crippen molar-refractivity contribution in [3.8, 4) is 0 Å². The molecule has 0 saturated heterocycles. The van der Waals surface area contributed by atoms with Gasteiger partial charge in [-0.15, -0.1) is 0 Å². The van der Waals surface area contributed by atoms with Crippen molar-refractivity contribution in [2.45, 2.75) is 32.1 Å². The summed E-state index contributed by atoms with van der Waals surface area (Å²) in [6.07, 6.45) is 9.55. The van der Waals surface area contributed by atoms with Crippen LogP contribution in [0, 0.1) is 11.8 Å². The Morgan fingerprint density at radius 3 is 2.62 bits per heavy atom. The average Bonchev–Trinajstić information content (AvgIpc) is 2.65. The molecule has 1 aliphatic carbocycles. The molecule has 0 aromatic heterocycles. The van der Waals surface area contributed by atoms with Gasteiger partial charge in [0, 0.05) is 0 Å².